The van der Waals surface area contributed by atoms with Gasteiger partial charge >= 0.3 is 0 Å². The first-order chi connectivity index (χ1) is 13.2. The molecule has 1 amide bonds. The molecular formula is C21H29N3O3. The molecule has 0 radical (unpaired) electrons. The van der Waals surface area contributed by atoms with E-state index >= 15 is 0 Å². The number of H-pyrrole nitrogens is 1. The number of carbonyl (C=O) groups is 1. The molecule has 4 rings (SSSR count). The molecule has 0 saturated carbocycles. The molecule has 146 valence electrons. The van der Waals surface area contributed by atoms with Gasteiger partial charge in [-0.25, -0.2) is 0 Å². The van der Waals surface area contributed by atoms with Crippen molar-refractivity contribution in [1.29, 1.82) is 0 Å². The minimum Gasteiger partial charge on any atom is -0.496 e. The maximum atomic E-state index is 12.8. The van der Waals surface area contributed by atoms with Gasteiger partial charge in [0.2, 0.25) is 0 Å². The second kappa shape index (κ2) is 7.80. The van der Waals surface area contributed by atoms with Gasteiger partial charge in [-0.3, -0.25) is 4.79 Å². The first-order valence-corrected chi connectivity index (χ1v) is 9.97. The first kappa shape index (κ1) is 18.2. The van der Waals surface area contributed by atoms with Crippen LogP contribution >= 0.6 is 0 Å². The van der Waals surface area contributed by atoms with E-state index in [0.717, 1.165) is 23.2 Å². The van der Waals surface area contributed by atoms with Crippen molar-refractivity contribution in [3.05, 3.63) is 23.9 Å². The van der Waals surface area contributed by atoms with Gasteiger partial charge in [-0.05, 0) is 62.9 Å². The van der Waals surface area contributed by atoms with Crippen LogP contribution in [-0.2, 0) is 0 Å². The lowest BCUT2D eigenvalue weighted by atomic mass is 9.83. The molecule has 0 aliphatic carbocycles. The van der Waals surface area contributed by atoms with E-state index in [1.807, 2.05) is 18.2 Å². The predicted molar refractivity (Wildman–Crippen MR) is 106 cm³/mol. The highest BCUT2D eigenvalue weighted by molar-refractivity contribution is 6.01. The summed E-state index contributed by atoms with van der Waals surface area (Å²) in [6, 6.07) is 6.19. The number of rotatable bonds is 5. The molecule has 1 aromatic heterocycles. The fraction of sp³-hybridized carbons (Fsp3) is 0.571. The summed E-state index contributed by atoms with van der Waals surface area (Å²) in [5.41, 5.74) is 1.34. The van der Waals surface area contributed by atoms with Crippen molar-refractivity contribution in [3.63, 3.8) is 0 Å². The Kier molecular flexibility index (Phi) is 5.25. The lowest BCUT2D eigenvalue weighted by Gasteiger charge is -2.44. The average Bonchev–Trinajstić information content (AvgIpc) is 3.17. The van der Waals surface area contributed by atoms with Crippen LogP contribution in [0.1, 0.15) is 42.6 Å². The summed E-state index contributed by atoms with van der Waals surface area (Å²) in [4.78, 5) is 18.6. The number of methoxy groups -OCH3 is 2. The molecule has 2 aliphatic rings. The van der Waals surface area contributed by atoms with Gasteiger partial charge in [0.1, 0.15) is 17.2 Å². The summed E-state index contributed by atoms with van der Waals surface area (Å²) >= 11 is 0. The quantitative estimate of drug-likeness (QED) is 0.847. The molecule has 0 spiro atoms. The first-order valence-electron chi connectivity index (χ1n) is 9.97. The van der Waals surface area contributed by atoms with Crippen LogP contribution in [0.25, 0.3) is 10.9 Å². The lowest BCUT2D eigenvalue weighted by molar-refractivity contribution is 0.0575. The van der Waals surface area contributed by atoms with Gasteiger partial charge in [0.15, 0.2) is 0 Å². The summed E-state index contributed by atoms with van der Waals surface area (Å²) in [6.07, 6.45) is 6.33. The number of nitrogens with zero attached hydrogens (tertiary/aromatic N) is 1. The van der Waals surface area contributed by atoms with Gasteiger partial charge in [0.25, 0.3) is 5.91 Å². The number of benzene rings is 1. The minimum absolute atomic E-state index is 0.0664. The Morgan fingerprint density at radius 1 is 1.15 bits per heavy atom. The summed E-state index contributed by atoms with van der Waals surface area (Å²) < 4.78 is 10.8. The largest absolute Gasteiger partial charge is 0.496 e. The van der Waals surface area contributed by atoms with Crippen molar-refractivity contribution in [2.45, 2.75) is 38.1 Å². The number of fused-ring (bicyclic) bond motifs is 2. The molecule has 27 heavy (non-hydrogen) atoms. The summed E-state index contributed by atoms with van der Waals surface area (Å²) in [6.45, 7) is 3.18. The molecule has 2 fully saturated rings. The Morgan fingerprint density at radius 2 is 1.93 bits per heavy atom. The zero-order valence-corrected chi connectivity index (χ0v) is 16.2. The molecule has 2 atom stereocenters. The molecule has 2 aromatic rings. The second-order valence-corrected chi connectivity index (χ2v) is 7.65. The van der Waals surface area contributed by atoms with Crippen LogP contribution in [0.2, 0.25) is 0 Å². The molecular weight excluding hydrogens is 342 g/mol. The summed E-state index contributed by atoms with van der Waals surface area (Å²) in [5, 5.41) is 4.02. The number of hydrogen-bond donors (Lipinski definition) is 2. The minimum atomic E-state index is -0.0664. The highest BCUT2D eigenvalue weighted by Gasteiger charge is 2.33. The number of aromatic nitrogens is 1. The van der Waals surface area contributed by atoms with Gasteiger partial charge in [-0.2, -0.15) is 0 Å². The van der Waals surface area contributed by atoms with Crippen LogP contribution in [0.5, 0.6) is 11.5 Å². The number of amides is 1. The maximum absolute atomic E-state index is 12.8. The molecule has 2 aliphatic heterocycles. The Labute approximate surface area is 160 Å². The Hall–Kier alpha value is -2.21. The van der Waals surface area contributed by atoms with Crippen molar-refractivity contribution in [2.24, 2.45) is 5.92 Å². The average molecular weight is 371 g/mol. The maximum Gasteiger partial charge on any atom is 0.267 e. The van der Waals surface area contributed by atoms with Crippen LogP contribution in [0, 0.1) is 5.92 Å². The van der Waals surface area contributed by atoms with E-state index in [1.165, 1.54) is 45.2 Å². The van der Waals surface area contributed by atoms with E-state index in [2.05, 4.69) is 15.2 Å². The van der Waals surface area contributed by atoms with Crippen molar-refractivity contribution in [3.8, 4) is 11.5 Å². The third-order valence-corrected chi connectivity index (χ3v) is 6.15. The van der Waals surface area contributed by atoms with Crippen LogP contribution in [-0.4, -0.2) is 55.7 Å². The molecule has 2 N–H and O–H groups in total. The molecule has 3 heterocycles. The van der Waals surface area contributed by atoms with Gasteiger partial charge in [0, 0.05) is 18.0 Å². The van der Waals surface area contributed by atoms with E-state index < -0.39 is 0 Å². The number of ether oxygens (including phenoxy) is 2. The van der Waals surface area contributed by atoms with Crippen LogP contribution in [0.4, 0.5) is 0 Å². The molecule has 6 nitrogen and oxygen atoms in total. The van der Waals surface area contributed by atoms with Crippen molar-refractivity contribution >= 4 is 16.8 Å². The fourth-order valence-electron chi connectivity index (χ4n) is 4.77. The Balaban J connectivity index is 1.48. The van der Waals surface area contributed by atoms with Gasteiger partial charge in [0.05, 0.1) is 19.7 Å². The standard InChI is InChI=1S/C21H29N3O3/c1-26-18-8-9-19(27-2)20-15(18)12-16(23-20)21(25)22-13-14-6-5-11-24-10-4-3-7-17(14)24/h8-9,12,14,17,23H,3-7,10-11,13H2,1-2H3,(H,22,25). The number of piperidine rings is 2. The zero-order valence-electron chi connectivity index (χ0n) is 16.2. The molecule has 1 aromatic carbocycles. The number of carbonyl (C=O) groups excluding carboxylic acids is 1. The second-order valence-electron chi connectivity index (χ2n) is 7.65. The molecule has 0 bridgehead atoms. The van der Waals surface area contributed by atoms with E-state index in [-0.39, 0.29) is 5.91 Å². The summed E-state index contributed by atoms with van der Waals surface area (Å²) in [7, 11) is 3.26. The highest BCUT2D eigenvalue weighted by atomic mass is 16.5. The smallest absolute Gasteiger partial charge is 0.267 e. The Bertz CT molecular complexity index is 773. The van der Waals surface area contributed by atoms with E-state index in [1.54, 1.807) is 14.2 Å². The monoisotopic (exact) mass is 371 g/mol. The summed E-state index contributed by atoms with van der Waals surface area (Å²) in [5.74, 6) is 1.92. The molecule has 2 saturated heterocycles. The molecule has 2 unspecified atom stereocenters. The van der Waals surface area contributed by atoms with Crippen LogP contribution in [0.3, 0.4) is 0 Å². The number of aromatic amines is 1. The highest BCUT2D eigenvalue weighted by Crippen LogP contribution is 2.33. The van der Waals surface area contributed by atoms with E-state index in [9.17, 15) is 4.79 Å². The van der Waals surface area contributed by atoms with Gasteiger partial charge in [-0.15, -0.1) is 0 Å². The van der Waals surface area contributed by atoms with Crippen molar-refractivity contribution < 1.29 is 14.3 Å². The number of hydrogen-bond acceptors (Lipinski definition) is 4. The fourth-order valence-corrected chi connectivity index (χ4v) is 4.77. The predicted octanol–water partition coefficient (Wildman–Crippen LogP) is 3.18. The normalized spacial score (nSPS) is 23.0. The van der Waals surface area contributed by atoms with Crippen molar-refractivity contribution in [1.82, 2.24) is 15.2 Å². The van der Waals surface area contributed by atoms with E-state index in [4.69, 9.17) is 9.47 Å². The van der Waals surface area contributed by atoms with Gasteiger partial charge in [-0.1, -0.05) is 6.42 Å². The molecule has 6 heteroatoms. The topological polar surface area (TPSA) is 66.6 Å². The van der Waals surface area contributed by atoms with E-state index in [0.29, 0.717) is 23.4 Å². The van der Waals surface area contributed by atoms with Crippen LogP contribution < -0.4 is 14.8 Å². The van der Waals surface area contributed by atoms with Gasteiger partial charge < -0.3 is 24.7 Å². The SMILES string of the molecule is COc1ccc(OC)c2[nH]c(C(=O)NCC3CCCN4CCCCC34)cc12. The third kappa shape index (κ3) is 3.50. The third-order valence-electron chi connectivity index (χ3n) is 6.15. The lowest BCUT2D eigenvalue weighted by Crippen LogP contribution is -2.51. The van der Waals surface area contributed by atoms with Crippen LogP contribution in [0.15, 0.2) is 18.2 Å². The number of nitrogens with one attached hydrogen (secondary N) is 2. The Morgan fingerprint density at radius 3 is 2.74 bits per heavy atom. The van der Waals surface area contributed by atoms with Crippen molar-refractivity contribution in [2.75, 3.05) is 33.9 Å². The zero-order chi connectivity index (χ0) is 18.8.